The molecule has 2 aromatic carbocycles. The van der Waals surface area contributed by atoms with Crippen molar-refractivity contribution in [2.45, 2.75) is 4.90 Å². The van der Waals surface area contributed by atoms with Crippen molar-refractivity contribution < 1.29 is 21.9 Å². The third-order valence-electron chi connectivity index (χ3n) is 3.94. The van der Waals surface area contributed by atoms with Gasteiger partial charge in [0.15, 0.2) is 17.4 Å². The van der Waals surface area contributed by atoms with Crippen LogP contribution < -0.4 is 9.04 Å². The third kappa shape index (κ3) is 2.58. The smallest absolute Gasteiger partial charge is 0.264 e. The Balaban J connectivity index is 1.76. The van der Waals surface area contributed by atoms with Gasteiger partial charge in [-0.05, 0) is 36.4 Å². The maximum Gasteiger partial charge on any atom is 0.264 e. The molecule has 1 aliphatic rings. The number of halogens is 2. The summed E-state index contributed by atoms with van der Waals surface area (Å²) in [5.41, 5.74) is 0.192. The molecule has 1 aliphatic heterocycles. The summed E-state index contributed by atoms with van der Waals surface area (Å²) in [4.78, 5) is -0.0575. The lowest BCUT2D eigenvalue weighted by molar-refractivity contribution is 0.296. The molecule has 0 saturated heterocycles. The van der Waals surface area contributed by atoms with Gasteiger partial charge >= 0.3 is 0 Å². The fraction of sp³-hybridized carbons (Fsp3) is 0.125. The number of sulfonamides is 1. The quantitative estimate of drug-likeness (QED) is 0.698. The topological polar surface area (TPSA) is 77.3 Å². The number of nitrogens with zero attached hydrogens (tertiary/aromatic N) is 4. The van der Waals surface area contributed by atoms with Crippen molar-refractivity contribution in [3.8, 4) is 11.4 Å². The van der Waals surface area contributed by atoms with E-state index >= 15 is 0 Å². The Bertz CT molecular complexity index is 1050. The van der Waals surface area contributed by atoms with Crippen LogP contribution in [0, 0.1) is 11.6 Å². The van der Waals surface area contributed by atoms with Crippen molar-refractivity contribution in [2.24, 2.45) is 0 Å². The van der Waals surface area contributed by atoms with Crippen molar-refractivity contribution in [3.63, 3.8) is 0 Å². The highest BCUT2D eigenvalue weighted by Crippen LogP contribution is 2.39. The monoisotopic (exact) mass is 378 g/mol. The van der Waals surface area contributed by atoms with Gasteiger partial charge in [-0.3, -0.25) is 4.31 Å². The average molecular weight is 378 g/mol. The van der Waals surface area contributed by atoms with Crippen LogP contribution in [-0.4, -0.2) is 36.6 Å². The van der Waals surface area contributed by atoms with Crippen molar-refractivity contribution in [1.29, 1.82) is 0 Å². The Morgan fingerprint density at radius 2 is 1.77 bits per heavy atom. The number of hydrogen-bond donors (Lipinski definition) is 0. The molecule has 134 valence electrons. The van der Waals surface area contributed by atoms with Crippen molar-refractivity contribution in [1.82, 2.24) is 15.0 Å². The molecule has 0 atom stereocenters. The predicted octanol–water partition coefficient (Wildman–Crippen LogP) is 2.13. The normalized spacial score (nSPS) is 14.0. The second-order valence-corrected chi connectivity index (χ2v) is 7.34. The lowest BCUT2D eigenvalue weighted by Gasteiger charge is -2.30. The highest BCUT2D eigenvalue weighted by atomic mass is 32.2. The van der Waals surface area contributed by atoms with Crippen molar-refractivity contribution in [2.75, 3.05) is 17.5 Å². The Labute approximate surface area is 147 Å². The first-order valence-electron chi connectivity index (χ1n) is 7.59. The number of ether oxygens (including phenoxy) is 1. The number of benzene rings is 2. The summed E-state index contributed by atoms with van der Waals surface area (Å²) < 4.78 is 61.5. The maximum atomic E-state index is 14.2. The lowest BCUT2D eigenvalue weighted by Crippen LogP contribution is -2.38. The van der Waals surface area contributed by atoms with Crippen LogP contribution in [0.15, 0.2) is 53.7 Å². The number of aromatic nitrogens is 3. The molecular formula is C16H12F2N4O3S. The Kier molecular flexibility index (Phi) is 3.83. The van der Waals surface area contributed by atoms with E-state index in [0.717, 1.165) is 16.4 Å². The van der Waals surface area contributed by atoms with Gasteiger partial charge in [-0.1, -0.05) is 5.21 Å². The van der Waals surface area contributed by atoms with E-state index in [1.54, 1.807) is 18.3 Å². The molecule has 4 rings (SSSR count). The molecular weight excluding hydrogens is 366 g/mol. The van der Waals surface area contributed by atoms with E-state index in [1.807, 2.05) is 0 Å². The summed E-state index contributed by atoms with van der Waals surface area (Å²) in [6.45, 7) is -0.204. The highest BCUT2D eigenvalue weighted by Gasteiger charge is 2.34. The average Bonchev–Trinajstić information content (AvgIpc) is 3.19. The number of rotatable bonds is 3. The first-order valence-corrected chi connectivity index (χ1v) is 9.03. The van der Waals surface area contributed by atoms with Crippen LogP contribution in [0.4, 0.5) is 14.5 Å². The van der Waals surface area contributed by atoms with E-state index in [-0.39, 0.29) is 18.0 Å². The summed E-state index contributed by atoms with van der Waals surface area (Å²) in [7, 11) is -4.10. The van der Waals surface area contributed by atoms with Crippen LogP contribution in [0.3, 0.4) is 0 Å². The Hall–Kier alpha value is -3.01. The van der Waals surface area contributed by atoms with E-state index in [9.17, 15) is 17.2 Å². The van der Waals surface area contributed by atoms with E-state index in [1.165, 1.54) is 23.0 Å². The van der Waals surface area contributed by atoms with Gasteiger partial charge in [0.25, 0.3) is 10.0 Å². The third-order valence-corrected chi connectivity index (χ3v) is 5.75. The van der Waals surface area contributed by atoms with Gasteiger partial charge in [-0.25, -0.2) is 21.9 Å². The van der Waals surface area contributed by atoms with Crippen molar-refractivity contribution >= 4 is 15.7 Å². The van der Waals surface area contributed by atoms with Crippen LogP contribution in [0.5, 0.6) is 5.75 Å². The van der Waals surface area contributed by atoms with Crippen LogP contribution in [0.25, 0.3) is 5.69 Å². The molecule has 0 aliphatic carbocycles. The molecule has 0 radical (unpaired) electrons. The molecule has 0 bridgehead atoms. The molecule has 0 unspecified atom stereocenters. The number of fused-ring (bicyclic) bond motifs is 1. The molecule has 3 aromatic rings. The lowest BCUT2D eigenvalue weighted by atomic mass is 10.2. The standard InChI is InChI=1S/C16H12F2N4O3S/c17-13-5-6-14(18)16-15(13)22(9-10-25-16)26(23,24)12-3-1-11(2-4-12)21-8-7-19-20-21/h1-8H,9-10H2. The predicted molar refractivity (Wildman–Crippen MR) is 87.7 cm³/mol. The minimum Gasteiger partial charge on any atom is -0.486 e. The van der Waals surface area contributed by atoms with Gasteiger partial charge in [0.05, 0.1) is 29.5 Å². The van der Waals surface area contributed by atoms with Gasteiger partial charge in [-0.15, -0.1) is 5.10 Å². The molecule has 2 heterocycles. The largest absolute Gasteiger partial charge is 0.486 e. The Morgan fingerprint density at radius 1 is 1.04 bits per heavy atom. The van der Waals surface area contributed by atoms with Gasteiger partial charge < -0.3 is 4.74 Å². The maximum absolute atomic E-state index is 14.2. The molecule has 26 heavy (non-hydrogen) atoms. The van der Waals surface area contributed by atoms with Gasteiger partial charge in [0.2, 0.25) is 0 Å². The second-order valence-electron chi connectivity index (χ2n) is 5.47. The first-order chi connectivity index (χ1) is 12.5. The summed E-state index contributed by atoms with van der Waals surface area (Å²) in [5, 5.41) is 7.50. The van der Waals surface area contributed by atoms with Gasteiger partial charge in [-0.2, -0.15) is 0 Å². The van der Waals surface area contributed by atoms with Crippen LogP contribution in [0.2, 0.25) is 0 Å². The molecule has 10 heteroatoms. The number of anilines is 1. The zero-order chi connectivity index (χ0) is 18.3. The van der Waals surface area contributed by atoms with Gasteiger partial charge in [0.1, 0.15) is 12.3 Å². The minimum atomic E-state index is -4.10. The van der Waals surface area contributed by atoms with E-state index in [4.69, 9.17) is 4.74 Å². The van der Waals surface area contributed by atoms with E-state index < -0.39 is 33.1 Å². The van der Waals surface area contributed by atoms with E-state index in [2.05, 4.69) is 10.3 Å². The fourth-order valence-corrected chi connectivity index (χ4v) is 4.18. The van der Waals surface area contributed by atoms with Crippen LogP contribution in [0.1, 0.15) is 0 Å². The fourth-order valence-electron chi connectivity index (χ4n) is 2.72. The first kappa shape index (κ1) is 16.5. The second kappa shape index (κ2) is 6.06. The van der Waals surface area contributed by atoms with Crippen LogP contribution in [-0.2, 0) is 10.0 Å². The molecule has 0 spiro atoms. The van der Waals surface area contributed by atoms with Gasteiger partial charge in [0, 0.05) is 0 Å². The summed E-state index contributed by atoms with van der Waals surface area (Å²) in [6.07, 6.45) is 3.10. The molecule has 0 amide bonds. The minimum absolute atomic E-state index is 0.0575. The zero-order valence-electron chi connectivity index (χ0n) is 13.2. The molecule has 0 N–H and O–H groups in total. The Morgan fingerprint density at radius 3 is 2.46 bits per heavy atom. The number of hydrogen-bond acceptors (Lipinski definition) is 5. The SMILES string of the molecule is O=S(=O)(c1ccc(-n2ccnn2)cc1)N1CCOc2c(F)ccc(F)c21. The molecule has 0 saturated carbocycles. The van der Waals surface area contributed by atoms with Crippen molar-refractivity contribution in [3.05, 3.63) is 60.4 Å². The zero-order valence-corrected chi connectivity index (χ0v) is 14.0. The van der Waals surface area contributed by atoms with Crippen LogP contribution >= 0.6 is 0 Å². The summed E-state index contributed by atoms with van der Waals surface area (Å²) >= 11 is 0. The molecule has 0 fully saturated rings. The molecule has 7 nitrogen and oxygen atoms in total. The summed E-state index contributed by atoms with van der Waals surface area (Å²) in [5.74, 6) is -2.09. The van der Waals surface area contributed by atoms with E-state index in [0.29, 0.717) is 5.69 Å². The highest BCUT2D eigenvalue weighted by molar-refractivity contribution is 7.92. The summed E-state index contributed by atoms with van der Waals surface area (Å²) in [6, 6.07) is 7.61. The molecule has 1 aromatic heterocycles.